The van der Waals surface area contributed by atoms with E-state index in [1.807, 2.05) is 0 Å². The minimum absolute atomic E-state index is 0.313. The maximum absolute atomic E-state index is 11.3. The first kappa shape index (κ1) is 14.4. The highest BCUT2D eigenvalue weighted by molar-refractivity contribution is 5.86. The van der Waals surface area contributed by atoms with Gasteiger partial charge in [-0.1, -0.05) is 0 Å². The zero-order valence-corrected chi connectivity index (χ0v) is 11.5. The van der Waals surface area contributed by atoms with Crippen LogP contribution in [0.1, 0.15) is 29.8 Å². The minimum Gasteiger partial charge on any atom is -0.465 e. The van der Waals surface area contributed by atoms with Gasteiger partial charge in [-0.05, 0) is 31.2 Å². The smallest absolute Gasteiger partial charge is 0.407 e. The third kappa shape index (κ3) is 3.49. The highest BCUT2D eigenvalue weighted by Crippen LogP contribution is 2.21. The van der Waals surface area contributed by atoms with Crippen molar-refractivity contribution in [1.82, 2.24) is 14.7 Å². The van der Waals surface area contributed by atoms with E-state index in [2.05, 4.69) is 9.84 Å². The molecule has 0 aromatic carbocycles. The quantitative estimate of drug-likeness (QED) is 0.844. The predicted octanol–water partition coefficient (Wildman–Crippen LogP) is 1.45. The van der Waals surface area contributed by atoms with E-state index in [-0.39, 0.29) is 0 Å². The lowest BCUT2D eigenvalue weighted by molar-refractivity contribution is 0.0593. The molecule has 0 aliphatic carbocycles. The van der Waals surface area contributed by atoms with Crippen molar-refractivity contribution < 1.29 is 19.4 Å². The number of carbonyl (C=O) groups is 2. The van der Waals surface area contributed by atoms with E-state index in [1.54, 1.807) is 16.9 Å². The number of methoxy groups -OCH3 is 1. The van der Waals surface area contributed by atoms with E-state index >= 15 is 0 Å². The Bertz CT molecular complexity index is 478. The van der Waals surface area contributed by atoms with Gasteiger partial charge in [-0.25, -0.2) is 9.59 Å². The molecule has 0 spiro atoms. The van der Waals surface area contributed by atoms with Crippen molar-refractivity contribution in [1.29, 1.82) is 0 Å². The van der Waals surface area contributed by atoms with Crippen LogP contribution in [0.25, 0.3) is 0 Å². The number of rotatable bonds is 4. The van der Waals surface area contributed by atoms with Crippen LogP contribution >= 0.6 is 0 Å². The van der Waals surface area contributed by atoms with Crippen molar-refractivity contribution in [2.45, 2.75) is 25.8 Å². The zero-order chi connectivity index (χ0) is 14.5. The van der Waals surface area contributed by atoms with Gasteiger partial charge < -0.3 is 14.7 Å². The second-order valence-electron chi connectivity index (χ2n) is 4.96. The fourth-order valence-corrected chi connectivity index (χ4v) is 2.43. The Morgan fingerprint density at radius 3 is 2.75 bits per heavy atom. The summed E-state index contributed by atoms with van der Waals surface area (Å²) in [6.07, 6.45) is 3.64. The molecule has 1 N–H and O–H groups in total. The maximum atomic E-state index is 11.3. The molecule has 0 bridgehead atoms. The molecular formula is C13H19N3O4. The molecule has 1 aromatic heterocycles. The highest BCUT2D eigenvalue weighted by atomic mass is 16.5. The zero-order valence-electron chi connectivity index (χ0n) is 11.5. The lowest BCUT2D eigenvalue weighted by Crippen LogP contribution is -2.37. The third-order valence-electron chi connectivity index (χ3n) is 3.69. The number of aryl methyl sites for hydroxylation is 1. The number of aromatic nitrogens is 2. The lowest BCUT2D eigenvalue weighted by atomic mass is 9.94. The molecule has 1 amide bonds. The summed E-state index contributed by atoms with van der Waals surface area (Å²) >= 11 is 0. The van der Waals surface area contributed by atoms with Crippen molar-refractivity contribution in [3.8, 4) is 0 Å². The van der Waals surface area contributed by atoms with Crippen molar-refractivity contribution in [3.63, 3.8) is 0 Å². The van der Waals surface area contributed by atoms with Crippen LogP contribution in [0.4, 0.5) is 4.79 Å². The van der Waals surface area contributed by atoms with Gasteiger partial charge >= 0.3 is 12.1 Å². The molecule has 1 aliphatic rings. The molecule has 1 saturated heterocycles. The Morgan fingerprint density at radius 2 is 2.15 bits per heavy atom. The summed E-state index contributed by atoms with van der Waals surface area (Å²) in [6.45, 7) is 1.94. The maximum Gasteiger partial charge on any atom is 0.407 e. The highest BCUT2D eigenvalue weighted by Gasteiger charge is 2.22. The van der Waals surface area contributed by atoms with Gasteiger partial charge in [0.1, 0.15) is 0 Å². The molecule has 0 unspecified atom stereocenters. The number of esters is 1. The van der Waals surface area contributed by atoms with Gasteiger partial charge in [0.25, 0.3) is 0 Å². The van der Waals surface area contributed by atoms with Crippen LogP contribution in [-0.2, 0) is 11.3 Å². The van der Waals surface area contributed by atoms with Gasteiger partial charge in [-0.15, -0.1) is 0 Å². The van der Waals surface area contributed by atoms with Crippen molar-refractivity contribution in [2.75, 3.05) is 20.2 Å². The Labute approximate surface area is 117 Å². The Hall–Kier alpha value is -2.05. The van der Waals surface area contributed by atoms with Crippen molar-refractivity contribution in [3.05, 3.63) is 18.0 Å². The molecule has 110 valence electrons. The predicted molar refractivity (Wildman–Crippen MR) is 70.5 cm³/mol. The van der Waals surface area contributed by atoms with Gasteiger partial charge in [0, 0.05) is 25.8 Å². The van der Waals surface area contributed by atoms with Gasteiger partial charge in [0.05, 0.1) is 7.11 Å². The fourth-order valence-electron chi connectivity index (χ4n) is 2.43. The molecule has 7 nitrogen and oxygen atoms in total. The third-order valence-corrected chi connectivity index (χ3v) is 3.69. The van der Waals surface area contributed by atoms with Crippen LogP contribution in [-0.4, -0.2) is 52.0 Å². The fraction of sp³-hybridized carbons (Fsp3) is 0.615. The van der Waals surface area contributed by atoms with Crippen LogP contribution in [0.2, 0.25) is 0 Å². The van der Waals surface area contributed by atoms with Crippen LogP contribution in [0, 0.1) is 5.92 Å². The molecule has 0 radical (unpaired) electrons. The summed E-state index contributed by atoms with van der Waals surface area (Å²) in [5, 5.41) is 13.0. The number of piperidine rings is 1. The molecular weight excluding hydrogens is 262 g/mol. The summed E-state index contributed by atoms with van der Waals surface area (Å²) < 4.78 is 6.33. The van der Waals surface area contributed by atoms with Crippen LogP contribution in [0.3, 0.4) is 0 Å². The van der Waals surface area contributed by atoms with E-state index in [9.17, 15) is 9.59 Å². The van der Waals surface area contributed by atoms with Crippen molar-refractivity contribution in [2.24, 2.45) is 5.92 Å². The van der Waals surface area contributed by atoms with Crippen molar-refractivity contribution >= 4 is 12.1 Å². The Morgan fingerprint density at radius 1 is 1.45 bits per heavy atom. The first-order chi connectivity index (χ1) is 9.60. The summed E-state index contributed by atoms with van der Waals surface area (Å²) in [7, 11) is 1.33. The molecule has 2 heterocycles. The molecule has 20 heavy (non-hydrogen) atoms. The summed E-state index contributed by atoms with van der Waals surface area (Å²) in [5.41, 5.74) is 0.313. The second-order valence-corrected chi connectivity index (χ2v) is 4.96. The standard InChI is InChI=1S/C13H19N3O4/c1-20-12(17)11-5-9-16(14-11)8-4-10-2-6-15(7-3-10)13(18)19/h5,9-10H,2-4,6-8H2,1H3,(H,18,19). The Balaban J connectivity index is 1.77. The number of amides is 1. The van der Waals surface area contributed by atoms with Gasteiger partial charge in [-0.2, -0.15) is 5.10 Å². The Kier molecular flexibility index (Phi) is 4.60. The summed E-state index contributed by atoms with van der Waals surface area (Å²) in [4.78, 5) is 23.5. The number of hydrogen-bond donors (Lipinski definition) is 1. The van der Waals surface area contributed by atoms with E-state index in [1.165, 1.54) is 12.0 Å². The topological polar surface area (TPSA) is 84.7 Å². The van der Waals surface area contributed by atoms with Crippen LogP contribution in [0.15, 0.2) is 12.3 Å². The van der Waals surface area contributed by atoms with E-state index in [4.69, 9.17) is 5.11 Å². The number of carbonyl (C=O) groups excluding carboxylic acids is 1. The monoisotopic (exact) mass is 281 g/mol. The number of carboxylic acid groups (broad SMARTS) is 1. The number of ether oxygens (including phenoxy) is 1. The SMILES string of the molecule is COC(=O)c1ccn(CCC2CCN(C(=O)O)CC2)n1. The van der Waals surface area contributed by atoms with Gasteiger partial charge in [-0.3, -0.25) is 4.68 Å². The molecule has 0 atom stereocenters. The average Bonchev–Trinajstić information content (AvgIpc) is 2.93. The normalized spacial score (nSPS) is 16.1. The molecule has 1 fully saturated rings. The van der Waals surface area contributed by atoms with Gasteiger partial charge in [0.2, 0.25) is 0 Å². The first-order valence-electron chi connectivity index (χ1n) is 6.70. The second kappa shape index (κ2) is 6.40. The number of hydrogen-bond acceptors (Lipinski definition) is 4. The largest absolute Gasteiger partial charge is 0.465 e. The minimum atomic E-state index is -0.835. The number of likely N-dealkylation sites (tertiary alicyclic amines) is 1. The van der Waals surface area contributed by atoms with Crippen LogP contribution in [0.5, 0.6) is 0 Å². The van der Waals surface area contributed by atoms with E-state index < -0.39 is 12.1 Å². The average molecular weight is 281 g/mol. The number of nitrogens with zero attached hydrogens (tertiary/aromatic N) is 3. The molecule has 1 aromatic rings. The molecule has 0 saturated carbocycles. The lowest BCUT2D eigenvalue weighted by Gasteiger charge is -2.29. The van der Waals surface area contributed by atoms with Crippen LogP contribution < -0.4 is 0 Å². The summed E-state index contributed by atoms with van der Waals surface area (Å²) in [5.74, 6) is 0.0786. The molecule has 2 rings (SSSR count). The van der Waals surface area contributed by atoms with E-state index in [0.29, 0.717) is 24.7 Å². The molecule has 1 aliphatic heterocycles. The summed E-state index contributed by atoms with van der Waals surface area (Å²) in [6, 6.07) is 1.64. The van der Waals surface area contributed by atoms with Gasteiger partial charge in [0.15, 0.2) is 5.69 Å². The molecule has 7 heteroatoms. The first-order valence-corrected chi connectivity index (χ1v) is 6.70. The van der Waals surface area contributed by atoms with E-state index in [0.717, 1.165) is 25.8 Å².